The van der Waals surface area contributed by atoms with E-state index in [9.17, 15) is 4.79 Å². The van der Waals surface area contributed by atoms with Crippen LogP contribution in [0.1, 0.15) is 90.5 Å². The summed E-state index contributed by atoms with van der Waals surface area (Å²) in [6.45, 7) is 6.98. The van der Waals surface area contributed by atoms with Gasteiger partial charge in [0.25, 0.3) is 0 Å². The third-order valence-corrected chi connectivity index (χ3v) is 6.23. The number of esters is 1. The highest BCUT2D eigenvalue weighted by Gasteiger charge is 2.42. The first-order valence-electron chi connectivity index (χ1n) is 11.5. The van der Waals surface area contributed by atoms with E-state index in [-0.39, 0.29) is 11.9 Å². The second kappa shape index (κ2) is 12.1. The second-order valence-corrected chi connectivity index (χ2v) is 8.59. The highest BCUT2D eigenvalue weighted by Crippen LogP contribution is 2.34. The van der Waals surface area contributed by atoms with Gasteiger partial charge >= 0.3 is 5.97 Å². The van der Waals surface area contributed by atoms with E-state index in [0.29, 0.717) is 5.75 Å². The number of rotatable bonds is 13. The fourth-order valence-corrected chi connectivity index (χ4v) is 4.05. The summed E-state index contributed by atoms with van der Waals surface area (Å²) in [6, 6.07) is 5.86. The number of methoxy groups -OCH3 is 1. The summed E-state index contributed by atoms with van der Waals surface area (Å²) >= 11 is 0. The van der Waals surface area contributed by atoms with Crippen molar-refractivity contribution in [2.45, 2.75) is 97.0 Å². The largest absolute Gasteiger partial charge is 0.493 e. The first kappa shape index (κ1) is 23.6. The molecule has 4 nitrogen and oxygen atoms in total. The van der Waals surface area contributed by atoms with E-state index in [4.69, 9.17) is 14.2 Å². The lowest BCUT2D eigenvalue weighted by Crippen LogP contribution is -2.48. The summed E-state index contributed by atoms with van der Waals surface area (Å²) in [5, 5.41) is 0. The van der Waals surface area contributed by atoms with Crippen molar-refractivity contribution < 1.29 is 19.0 Å². The number of carbonyl (C=O) groups is 1. The molecule has 1 aliphatic rings. The first-order valence-corrected chi connectivity index (χ1v) is 11.5. The number of aryl methyl sites for hydroxylation is 1. The Morgan fingerprint density at radius 2 is 1.83 bits per heavy atom. The van der Waals surface area contributed by atoms with Crippen molar-refractivity contribution in [3.05, 3.63) is 23.8 Å². The number of carbonyl (C=O) groups excluding carboxylic acids is 1. The Bertz CT molecular complexity index is 627. The maximum atomic E-state index is 12.6. The molecular weight excluding hydrogens is 364 g/mol. The van der Waals surface area contributed by atoms with Crippen LogP contribution in [0.5, 0.6) is 11.5 Å². The maximum Gasteiger partial charge on any atom is 0.350 e. The monoisotopic (exact) mass is 404 g/mol. The van der Waals surface area contributed by atoms with Crippen LogP contribution < -0.4 is 9.47 Å². The quantitative estimate of drug-likeness (QED) is 0.278. The maximum absolute atomic E-state index is 12.6. The van der Waals surface area contributed by atoms with Gasteiger partial charge in [-0.3, -0.25) is 0 Å². The molecule has 29 heavy (non-hydrogen) atoms. The standard InChI is InChI=1S/C25H40O4/c1-5-6-7-8-9-10-11-12-14-20(2)25(3,24(26)27-4)29-22-16-17-23-21(19-22)15-13-18-28-23/h16-17,19-20H,5-15,18H2,1-4H3. The van der Waals surface area contributed by atoms with Gasteiger partial charge < -0.3 is 14.2 Å². The molecule has 0 saturated carbocycles. The molecule has 0 aliphatic carbocycles. The zero-order chi connectivity index (χ0) is 21.1. The van der Waals surface area contributed by atoms with E-state index < -0.39 is 5.60 Å². The first-order chi connectivity index (χ1) is 14.0. The van der Waals surface area contributed by atoms with Gasteiger partial charge in [-0.2, -0.15) is 0 Å². The minimum absolute atomic E-state index is 0.0716. The Labute approximate surface area is 177 Å². The molecule has 0 saturated heterocycles. The summed E-state index contributed by atoms with van der Waals surface area (Å²) in [4.78, 5) is 12.6. The Morgan fingerprint density at radius 3 is 2.52 bits per heavy atom. The van der Waals surface area contributed by atoms with Gasteiger partial charge in [-0.15, -0.1) is 0 Å². The highest BCUT2D eigenvalue weighted by atomic mass is 16.6. The van der Waals surface area contributed by atoms with Gasteiger partial charge in [0.05, 0.1) is 13.7 Å². The van der Waals surface area contributed by atoms with Crippen LogP contribution in [-0.4, -0.2) is 25.3 Å². The van der Waals surface area contributed by atoms with Gasteiger partial charge in [-0.05, 0) is 49.9 Å². The van der Waals surface area contributed by atoms with E-state index in [1.807, 2.05) is 25.1 Å². The predicted molar refractivity (Wildman–Crippen MR) is 118 cm³/mol. The zero-order valence-electron chi connectivity index (χ0n) is 18.9. The van der Waals surface area contributed by atoms with Crippen molar-refractivity contribution in [3.63, 3.8) is 0 Å². The van der Waals surface area contributed by atoms with Crippen LogP contribution >= 0.6 is 0 Å². The number of fused-ring (bicyclic) bond motifs is 1. The Balaban J connectivity index is 1.90. The Morgan fingerprint density at radius 1 is 1.14 bits per heavy atom. The molecule has 0 N–H and O–H groups in total. The van der Waals surface area contributed by atoms with Crippen LogP contribution in [0.2, 0.25) is 0 Å². The van der Waals surface area contributed by atoms with Crippen LogP contribution in [0.25, 0.3) is 0 Å². The van der Waals surface area contributed by atoms with Crippen LogP contribution in [0.4, 0.5) is 0 Å². The lowest BCUT2D eigenvalue weighted by Gasteiger charge is -2.34. The van der Waals surface area contributed by atoms with E-state index in [1.165, 1.54) is 52.1 Å². The average Bonchev–Trinajstić information content (AvgIpc) is 2.74. The second-order valence-electron chi connectivity index (χ2n) is 8.59. The van der Waals surface area contributed by atoms with Gasteiger partial charge in [0, 0.05) is 5.92 Å². The molecule has 1 aliphatic heterocycles. The van der Waals surface area contributed by atoms with Crippen molar-refractivity contribution >= 4 is 5.97 Å². The highest BCUT2D eigenvalue weighted by molar-refractivity contribution is 5.80. The molecule has 0 spiro atoms. The van der Waals surface area contributed by atoms with Crippen LogP contribution in [0.3, 0.4) is 0 Å². The topological polar surface area (TPSA) is 44.8 Å². The molecule has 2 rings (SSSR count). The van der Waals surface area contributed by atoms with Gasteiger partial charge in [0.1, 0.15) is 11.5 Å². The van der Waals surface area contributed by atoms with E-state index in [2.05, 4.69) is 13.8 Å². The molecule has 1 heterocycles. The summed E-state index contributed by atoms with van der Waals surface area (Å²) in [7, 11) is 1.44. The van der Waals surface area contributed by atoms with Crippen molar-refractivity contribution in [3.8, 4) is 11.5 Å². The summed E-state index contributed by atoms with van der Waals surface area (Å²) in [5.74, 6) is 1.40. The molecule has 1 aromatic carbocycles. The van der Waals surface area contributed by atoms with Crippen molar-refractivity contribution in [1.29, 1.82) is 0 Å². The SMILES string of the molecule is CCCCCCCCCCC(C)C(C)(Oc1ccc2c(c1)CCCO2)C(=O)OC. The van der Waals surface area contributed by atoms with Crippen molar-refractivity contribution in [2.24, 2.45) is 5.92 Å². The lowest BCUT2D eigenvalue weighted by molar-refractivity contribution is -0.162. The Kier molecular flexibility index (Phi) is 9.83. The fourth-order valence-electron chi connectivity index (χ4n) is 4.05. The normalized spacial score (nSPS) is 16.3. The predicted octanol–water partition coefficient (Wildman–Crippen LogP) is 6.49. The number of hydrogen-bond donors (Lipinski definition) is 0. The number of ether oxygens (including phenoxy) is 3. The fraction of sp³-hybridized carbons (Fsp3) is 0.720. The third-order valence-electron chi connectivity index (χ3n) is 6.23. The minimum Gasteiger partial charge on any atom is -0.493 e. The molecule has 0 amide bonds. The smallest absolute Gasteiger partial charge is 0.350 e. The van der Waals surface area contributed by atoms with Crippen molar-refractivity contribution in [2.75, 3.05) is 13.7 Å². The zero-order valence-corrected chi connectivity index (χ0v) is 18.9. The third kappa shape index (κ3) is 6.94. The lowest BCUT2D eigenvalue weighted by atomic mass is 9.86. The van der Waals surface area contributed by atoms with E-state index >= 15 is 0 Å². The van der Waals surface area contributed by atoms with Crippen molar-refractivity contribution in [1.82, 2.24) is 0 Å². The molecular formula is C25H40O4. The number of hydrogen-bond acceptors (Lipinski definition) is 4. The molecule has 0 aromatic heterocycles. The van der Waals surface area contributed by atoms with Crippen LogP contribution in [0, 0.1) is 5.92 Å². The van der Waals surface area contributed by atoms with Crippen LogP contribution in [0.15, 0.2) is 18.2 Å². The minimum atomic E-state index is -0.986. The number of unbranched alkanes of at least 4 members (excludes halogenated alkanes) is 7. The average molecular weight is 405 g/mol. The van der Waals surface area contributed by atoms with Crippen LogP contribution in [-0.2, 0) is 16.0 Å². The van der Waals surface area contributed by atoms with Gasteiger partial charge in [-0.1, -0.05) is 65.2 Å². The van der Waals surface area contributed by atoms with Gasteiger partial charge in [-0.25, -0.2) is 4.79 Å². The molecule has 164 valence electrons. The molecule has 2 atom stereocenters. The molecule has 4 heteroatoms. The van der Waals surface area contributed by atoms with Gasteiger partial charge in [0.15, 0.2) is 0 Å². The molecule has 0 radical (unpaired) electrons. The molecule has 0 fully saturated rings. The number of benzene rings is 1. The van der Waals surface area contributed by atoms with Gasteiger partial charge in [0.2, 0.25) is 5.60 Å². The van der Waals surface area contributed by atoms with E-state index in [0.717, 1.165) is 43.6 Å². The summed E-state index contributed by atoms with van der Waals surface area (Å²) in [5.41, 5.74) is 0.163. The summed E-state index contributed by atoms with van der Waals surface area (Å²) in [6.07, 6.45) is 13.2. The summed E-state index contributed by atoms with van der Waals surface area (Å²) < 4.78 is 17.1. The Hall–Kier alpha value is -1.71. The molecule has 2 unspecified atom stereocenters. The molecule has 0 bridgehead atoms. The van der Waals surface area contributed by atoms with E-state index in [1.54, 1.807) is 0 Å². The molecule has 1 aromatic rings.